The summed E-state index contributed by atoms with van der Waals surface area (Å²) in [5.74, 6) is -0.0949. The van der Waals surface area contributed by atoms with Crippen LogP contribution in [-0.4, -0.2) is 34.6 Å². The predicted molar refractivity (Wildman–Crippen MR) is 72.0 cm³/mol. The van der Waals surface area contributed by atoms with Crippen molar-refractivity contribution < 1.29 is 9.90 Å². The number of likely N-dealkylation sites (tertiary alicyclic amines) is 1. The first-order chi connectivity index (χ1) is 9.06. The molecular weight excluding hydrogens is 240 g/mol. The number of carbonyl (C=O) groups excluding carboxylic acids is 1. The molecule has 0 radical (unpaired) electrons. The predicted octanol–water partition coefficient (Wildman–Crippen LogP) is 1.55. The number of aliphatic hydroxyl groups is 1. The Morgan fingerprint density at radius 1 is 1.47 bits per heavy atom. The number of rotatable bonds is 3. The van der Waals surface area contributed by atoms with Gasteiger partial charge in [0, 0.05) is 6.08 Å². The van der Waals surface area contributed by atoms with Gasteiger partial charge in [0.05, 0.1) is 30.3 Å². The van der Waals surface area contributed by atoms with Crippen molar-refractivity contribution in [1.29, 1.82) is 5.26 Å². The van der Waals surface area contributed by atoms with Crippen LogP contribution in [0.4, 0.5) is 0 Å². The Labute approximate surface area is 112 Å². The number of benzene rings is 1. The van der Waals surface area contributed by atoms with E-state index < -0.39 is 5.60 Å². The summed E-state index contributed by atoms with van der Waals surface area (Å²) in [6.45, 7) is 2.72. The van der Waals surface area contributed by atoms with Gasteiger partial charge in [0.25, 0.3) is 0 Å². The molecule has 1 aromatic carbocycles. The molecule has 1 amide bonds. The lowest BCUT2D eigenvalue weighted by molar-refractivity contribution is -0.150. The van der Waals surface area contributed by atoms with Crippen LogP contribution in [0.5, 0.6) is 0 Å². The minimum Gasteiger partial charge on any atom is -0.386 e. The van der Waals surface area contributed by atoms with Gasteiger partial charge >= 0.3 is 0 Å². The molecule has 0 aliphatic carbocycles. The Balaban J connectivity index is 1.92. The van der Waals surface area contributed by atoms with E-state index in [2.05, 4.69) is 0 Å². The largest absolute Gasteiger partial charge is 0.386 e. The second-order valence-electron chi connectivity index (χ2n) is 4.84. The van der Waals surface area contributed by atoms with Crippen LogP contribution in [0.3, 0.4) is 0 Å². The molecule has 4 heteroatoms. The van der Waals surface area contributed by atoms with E-state index in [0.29, 0.717) is 25.1 Å². The maximum atomic E-state index is 11.8. The number of nitrogens with zero attached hydrogens (tertiary/aromatic N) is 2. The van der Waals surface area contributed by atoms with Gasteiger partial charge in [0.1, 0.15) is 0 Å². The number of β-amino-alcohol motifs (C(OH)–C–C–N with tert-alkyl or cyclic N) is 1. The van der Waals surface area contributed by atoms with E-state index in [1.165, 1.54) is 6.08 Å². The molecule has 19 heavy (non-hydrogen) atoms. The highest BCUT2D eigenvalue weighted by Gasteiger charge is 2.41. The Morgan fingerprint density at radius 3 is 2.63 bits per heavy atom. The number of nitriles is 1. The van der Waals surface area contributed by atoms with E-state index in [0.717, 1.165) is 5.56 Å². The first-order valence-corrected chi connectivity index (χ1v) is 6.26. The van der Waals surface area contributed by atoms with E-state index in [9.17, 15) is 9.90 Å². The zero-order valence-corrected chi connectivity index (χ0v) is 10.8. The number of amides is 1. The Morgan fingerprint density at radius 2 is 2.11 bits per heavy atom. The summed E-state index contributed by atoms with van der Waals surface area (Å²) in [5.41, 5.74) is 0.774. The molecule has 1 aliphatic rings. The zero-order valence-electron chi connectivity index (χ0n) is 10.8. The van der Waals surface area contributed by atoms with Gasteiger partial charge in [-0.15, -0.1) is 0 Å². The molecular formula is C15H16N2O2. The fourth-order valence-corrected chi connectivity index (χ4v) is 1.99. The molecule has 0 atom stereocenters. The van der Waals surface area contributed by atoms with Crippen molar-refractivity contribution in [3.05, 3.63) is 41.5 Å². The molecule has 0 aromatic heterocycles. The van der Waals surface area contributed by atoms with Crippen LogP contribution >= 0.6 is 0 Å². The highest BCUT2D eigenvalue weighted by Crippen LogP contribution is 2.24. The van der Waals surface area contributed by atoms with Crippen molar-refractivity contribution in [2.75, 3.05) is 13.1 Å². The molecule has 98 valence electrons. The monoisotopic (exact) mass is 256 g/mol. The van der Waals surface area contributed by atoms with Crippen molar-refractivity contribution in [2.45, 2.75) is 18.9 Å². The van der Waals surface area contributed by atoms with E-state index in [4.69, 9.17) is 5.26 Å². The van der Waals surface area contributed by atoms with Gasteiger partial charge in [-0.2, -0.15) is 5.26 Å². The van der Waals surface area contributed by atoms with Crippen molar-refractivity contribution in [1.82, 2.24) is 4.90 Å². The standard InChI is InChI=1S/C15H16N2O2/c1-2-15(19)10-17(11-15)14(18)8-7-12-3-5-13(9-16)6-4-12/h3-8,19H,2,10-11H2,1H3. The van der Waals surface area contributed by atoms with Crippen LogP contribution in [0.15, 0.2) is 30.3 Å². The number of carbonyl (C=O) groups is 1. The summed E-state index contributed by atoms with van der Waals surface area (Å²) >= 11 is 0. The first kappa shape index (κ1) is 13.3. The summed E-state index contributed by atoms with van der Waals surface area (Å²) in [5, 5.41) is 18.5. The number of hydrogen-bond donors (Lipinski definition) is 1. The van der Waals surface area contributed by atoms with Crippen LogP contribution in [0.2, 0.25) is 0 Å². The lowest BCUT2D eigenvalue weighted by Crippen LogP contribution is -2.62. The molecule has 1 fully saturated rings. The third-order valence-electron chi connectivity index (χ3n) is 3.40. The SMILES string of the molecule is CCC1(O)CN(C(=O)C=Cc2ccc(C#N)cc2)C1. The van der Waals surface area contributed by atoms with Gasteiger partial charge in [-0.05, 0) is 30.2 Å². The van der Waals surface area contributed by atoms with Crippen molar-refractivity contribution in [2.24, 2.45) is 0 Å². The summed E-state index contributed by atoms with van der Waals surface area (Å²) < 4.78 is 0. The molecule has 4 nitrogen and oxygen atoms in total. The summed E-state index contributed by atoms with van der Waals surface area (Å²) in [6, 6.07) is 9.05. The minimum atomic E-state index is -0.696. The van der Waals surface area contributed by atoms with Crippen molar-refractivity contribution in [3.63, 3.8) is 0 Å². The molecule has 1 aliphatic heterocycles. The summed E-state index contributed by atoms with van der Waals surface area (Å²) in [4.78, 5) is 13.4. The molecule has 2 rings (SSSR count). The quantitative estimate of drug-likeness (QED) is 0.835. The van der Waals surface area contributed by atoms with Gasteiger partial charge in [-0.3, -0.25) is 4.79 Å². The lowest BCUT2D eigenvalue weighted by Gasteiger charge is -2.45. The van der Waals surface area contributed by atoms with Gasteiger partial charge in [0.15, 0.2) is 0 Å². The molecule has 1 heterocycles. The molecule has 0 unspecified atom stereocenters. The van der Waals surface area contributed by atoms with Crippen molar-refractivity contribution >= 4 is 12.0 Å². The van der Waals surface area contributed by atoms with Crippen LogP contribution < -0.4 is 0 Å². The van der Waals surface area contributed by atoms with E-state index in [-0.39, 0.29) is 5.91 Å². The smallest absolute Gasteiger partial charge is 0.246 e. The van der Waals surface area contributed by atoms with Gasteiger partial charge in [0.2, 0.25) is 5.91 Å². The minimum absolute atomic E-state index is 0.0949. The van der Waals surface area contributed by atoms with Crippen LogP contribution in [-0.2, 0) is 4.79 Å². The van der Waals surface area contributed by atoms with E-state index >= 15 is 0 Å². The first-order valence-electron chi connectivity index (χ1n) is 6.26. The maximum Gasteiger partial charge on any atom is 0.246 e. The summed E-state index contributed by atoms with van der Waals surface area (Å²) in [6.07, 6.45) is 3.87. The molecule has 0 bridgehead atoms. The third-order valence-corrected chi connectivity index (χ3v) is 3.40. The fraction of sp³-hybridized carbons (Fsp3) is 0.333. The normalized spacial score (nSPS) is 17.0. The molecule has 0 spiro atoms. The van der Waals surface area contributed by atoms with Gasteiger partial charge in [-0.1, -0.05) is 19.1 Å². The van der Waals surface area contributed by atoms with Crippen LogP contribution in [0.25, 0.3) is 6.08 Å². The van der Waals surface area contributed by atoms with Crippen LogP contribution in [0.1, 0.15) is 24.5 Å². The molecule has 1 N–H and O–H groups in total. The molecule has 1 aromatic rings. The van der Waals surface area contributed by atoms with Gasteiger partial charge < -0.3 is 10.0 Å². The summed E-state index contributed by atoms with van der Waals surface area (Å²) in [7, 11) is 0. The second kappa shape index (κ2) is 5.25. The Bertz CT molecular complexity index is 534. The van der Waals surface area contributed by atoms with E-state index in [1.807, 2.05) is 13.0 Å². The number of hydrogen-bond acceptors (Lipinski definition) is 3. The molecule has 0 saturated carbocycles. The van der Waals surface area contributed by atoms with E-state index in [1.54, 1.807) is 35.2 Å². The average Bonchev–Trinajstić information content (AvgIpc) is 2.41. The van der Waals surface area contributed by atoms with Crippen molar-refractivity contribution in [3.8, 4) is 6.07 Å². The molecule has 1 saturated heterocycles. The Hall–Kier alpha value is -2.12. The zero-order chi connectivity index (χ0) is 13.9. The van der Waals surface area contributed by atoms with Crippen LogP contribution in [0, 0.1) is 11.3 Å². The lowest BCUT2D eigenvalue weighted by atomic mass is 9.91. The topological polar surface area (TPSA) is 64.3 Å². The average molecular weight is 256 g/mol. The fourth-order valence-electron chi connectivity index (χ4n) is 1.99. The highest BCUT2D eigenvalue weighted by molar-refractivity contribution is 5.92. The Kier molecular flexibility index (Phi) is 3.68. The highest BCUT2D eigenvalue weighted by atomic mass is 16.3. The maximum absolute atomic E-state index is 11.8. The van der Waals surface area contributed by atoms with Gasteiger partial charge in [-0.25, -0.2) is 0 Å². The second-order valence-corrected chi connectivity index (χ2v) is 4.84. The third kappa shape index (κ3) is 3.01.